The lowest BCUT2D eigenvalue weighted by Gasteiger charge is -2.11. The predicted octanol–water partition coefficient (Wildman–Crippen LogP) is 7.69. The third-order valence-electron chi connectivity index (χ3n) is 5.29. The summed E-state index contributed by atoms with van der Waals surface area (Å²) < 4.78 is 46.6. The molecule has 0 unspecified atom stereocenters. The van der Waals surface area contributed by atoms with Crippen molar-refractivity contribution < 1.29 is 17.9 Å². The number of benzene rings is 3. The number of aromatic nitrogens is 3. The summed E-state index contributed by atoms with van der Waals surface area (Å²) in [6.45, 7) is 3.93. The van der Waals surface area contributed by atoms with E-state index in [2.05, 4.69) is 36.2 Å². The van der Waals surface area contributed by atoms with Crippen molar-refractivity contribution in [2.24, 2.45) is 0 Å². The lowest BCUT2D eigenvalue weighted by atomic mass is 10.1. The maximum absolute atomic E-state index is 13.1. The number of nitrogens with zero attached hydrogens (tertiary/aromatic N) is 2. The molecule has 34 heavy (non-hydrogen) atoms. The molecule has 0 amide bonds. The number of nitrogens with two attached hydrogens (primary N) is 1. The molecule has 5 rings (SSSR count). The van der Waals surface area contributed by atoms with Crippen molar-refractivity contribution in [2.75, 3.05) is 11.1 Å². The Morgan fingerprint density at radius 2 is 1.79 bits per heavy atom. The molecular formula is C23H17BrF3N5OS. The quantitative estimate of drug-likeness (QED) is 0.214. The minimum Gasteiger partial charge on any atom is -0.457 e. The summed E-state index contributed by atoms with van der Waals surface area (Å²) >= 11 is 4.60. The van der Waals surface area contributed by atoms with Crippen molar-refractivity contribution in [1.29, 1.82) is 0 Å². The van der Waals surface area contributed by atoms with Gasteiger partial charge in [-0.25, -0.2) is 9.97 Å². The Morgan fingerprint density at radius 1 is 1.06 bits per heavy atom. The molecule has 0 aliphatic carbocycles. The first-order valence-corrected chi connectivity index (χ1v) is 11.7. The van der Waals surface area contributed by atoms with Crippen molar-refractivity contribution in [1.82, 2.24) is 15.0 Å². The van der Waals surface area contributed by atoms with Gasteiger partial charge in [-0.3, -0.25) is 0 Å². The van der Waals surface area contributed by atoms with E-state index in [0.717, 1.165) is 39.2 Å². The molecule has 0 atom stereocenters. The van der Waals surface area contributed by atoms with Crippen molar-refractivity contribution >= 4 is 65.3 Å². The summed E-state index contributed by atoms with van der Waals surface area (Å²) in [6, 6.07) is 11.2. The van der Waals surface area contributed by atoms with Crippen LogP contribution in [0.5, 0.6) is 11.5 Å². The molecule has 6 nitrogen and oxygen atoms in total. The number of aromatic amines is 1. The maximum atomic E-state index is 13.1. The van der Waals surface area contributed by atoms with Crippen molar-refractivity contribution in [3.05, 3.63) is 63.6 Å². The van der Waals surface area contributed by atoms with Gasteiger partial charge in [0.2, 0.25) is 5.95 Å². The van der Waals surface area contributed by atoms with Gasteiger partial charge in [0.1, 0.15) is 17.0 Å². The van der Waals surface area contributed by atoms with Gasteiger partial charge in [0.05, 0.1) is 21.3 Å². The highest BCUT2D eigenvalue weighted by Gasteiger charge is 2.31. The van der Waals surface area contributed by atoms with Crippen LogP contribution in [0.4, 0.5) is 29.9 Å². The van der Waals surface area contributed by atoms with Crippen LogP contribution in [0.1, 0.15) is 16.7 Å². The van der Waals surface area contributed by atoms with E-state index in [9.17, 15) is 13.2 Å². The van der Waals surface area contributed by atoms with Gasteiger partial charge < -0.3 is 20.8 Å². The molecule has 0 saturated heterocycles. The molecular weight excluding hydrogens is 531 g/mol. The predicted molar refractivity (Wildman–Crippen MR) is 132 cm³/mol. The zero-order chi connectivity index (χ0) is 24.2. The van der Waals surface area contributed by atoms with Gasteiger partial charge in [-0.15, -0.1) is 0 Å². The number of H-pyrrole nitrogens is 1. The lowest BCUT2D eigenvalue weighted by molar-refractivity contribution is -0.137. The lowest BCUT2D eigenvalue weighted by Crippen LogP contribution is -2.04. The second-order valence-corrected chi connectivity index (χ2v) is 9.62. The fourth-order valence-corrected chi connectivity index (χ4v) is 5.07. The first kappa shape index (κ1) is 22.5. The Labute approximate surface area is 204 Å². The Hall–Kier alpha value is -3.31. The topological polar surface area (TPSA) is 88.8 Å². The highest BCUT2D eigenvalue weighted by Crippen LogP contribution is 2.38. The number of anilines is 3. The van der Waals surface area contributed by atoms with Crippen LogP contribution in [0.25, 0.3) is 21.3 Å². The molecule has 0 radical (unpaired) electrons. The zero-order valence-corrected chi connectivity index (χ0v) is 20.2. The molecule has 3 aromatic carbocycles. The molecule has 0 fully saturated rings. The third kappa shape index (κ3) is 4.16. The number of alkyl halides is 3. The standard InChI is InChI=1S/C23H17BrF3N5OS/c1-10-7-17(11(2)20-18(10)31-21(28)34-20)33-14-5-3-13(4-6-14)29-22-30-16-9-12(23(25,26)27)8-15(24)19(16)32-22/h3-9H,1-2H3,(H2,28,31)(H2,29,30,32). The zero-order valence-electron chi connectivity index (χ0n) is 17.8. The Balaban J connectivity index is 1.37. The Bertz CT molecular complexity index is 1540. The van der Waals surface area contributed by atoms with E-state index in [0.29, 0.717) is 28.0 Å². The van der Waals surface area contributed by atoms with Gasteiger partial charge >= 0.3 is 6.18 Å². The van der Waals surface area contributed by atoms with Crippen LogP contribution in [0, 0.1) is 13.8 Å². The minimum absolute atomic E-state index is 0.260. The third-order valence-corrected chi connectivity index (χ3v) is 6.90. The summed E-state index contributed by atoms with van der Waals surface area (Å²) in [5.74, 6) is 1.67. The molecule has 0 bridgehead atoms. The van der Waals surface area contributed by atoms with Crippen LogP contribution >= 0.6 is 27.3 Å². The number of fused-ring (bicyclic) bond motifs is 2. The number of aryl methyl sites for hydroxylation is 2. The minimum atomic E-state index is -4.45. The van der Waals surface area contributed by atoms with E-state index in [1.54, 1.807) is 24.3 Å². The van der Waals surface area contributed by atoms with Gasteiger partial charge in [-0.2, -0.15) is 13.2 Å². The number of nitrogens with one attached hydrogen (secondary N) is 2. The van der Waals surface area contributed by atoms with Crippen molar-refractivity contribution in [3.63, 3.8) is 0 Å². The van der Waals surface area contributed by atoms with Gasteiger partial charge in [-0.1, -0.05) is 11.3 Å². The van der Waals surface area contributed by atoms with E-state index in [4.69, 9.17) is 10.5 Å². The number of halogens is 4. The normalized spacial score (nSPS) is 11.9. The van der Waals surface area contributed by atoms with Crippen LogP contribution in [0.15, 0.2) is 46.9 Å². The molecule has 0 saturated carbocycles. The van der Waals surface area contributed by atoms with E-state index >= 15 is 0 Å². The molecule has 5 aromatic rings. The largest absolute Gasteiger partial charge is 0.457 e. The number of rotatable bonds is 4. The fourth-order valence-electron chi connectivity index (χ4n) is 3.62. The first-order chi connectivity index (χ1) is 16.1. The van der Waals surface area contributed by atoms with Crippen LogP contribution in [0.3, 0.4) is 0 Å². The van der Waals surface area contributed by atoms with Crippen LogP contribution in [-0.4, -0.2) is 15.0 Å². The molecule has 0 spiro atoms. The summed E-state index contributed by atoms with van der Waals surface area (Å²) in [6.07, 6.45) is -4.45. The smallest absolute Gasteiger partial charge is 0.416 e. The number of nitrogen functional groups attached to an aromatic ring is 1. The number of imidazole rings is 1. The molecule has 0 aliphatic rings. The average Bonchev–Trinajstić information content (AvgIpc) is 3.36. The average molecular weight is 548 g/mol. The van der Waals surface area contributed by atoms with Crippen molar-refractivity contribution in [3.8, 4) is 11.5 Å². The monoisotopic (exact) mass is 547 g/mol. The first-order valence-electron chi connectivity index (χ1n) is 10.1. The van der Waals surface area contributed by atoms with Crippen LogP contribution in [0.2, 0.25) is 0 Å². The number of hydrogen-bond acceptors (Lipinski definition) is 6. The summed E-state index contributed by atoms with van der Waals surface area (Å²) in [7, 11) is 0. The van der Waals surface area contributed by atoms with Crippen LogP contribution in [-0.2, 0) is 6.18 Å². The molecule has 11 heteroatoms. The van der Waals surface area contributed by atoms with Gasteiger partial charge in [0, 0.05) is 15.7 Å². The second kappa shape index (κ2) is 8.17. The van der Waals surface area contributed by atoms with Gasteiger partial charge in [-0.05, 0) is 77.8 Å². The number of hydrogen-bond donors (Lipinski definition) is 3. The van der Waals surface area contributed by atoms with Gasteiger partial charge in [0.15, 0.2) is 5.13 Å². The summed E-state index contributed by atoms with van der Waals surface area (Å²) in [5.41, 5.74) is 9.30. The van der Waals surface area contributed by atoms with E-state index in [-0.39, 0.29) is 9.99 Å². The molecule has 174 valence electrons. The number of ether oxygens (including phenoxy) is 1. The molecule has 2 heterocycles. The highest BCUT2D eigenvalue weighted by atomic mass is 79.9. The molecule has 4 N–H and O–H groups in total. The van der Waals surface area contributed by atoms with E-state index in [1.807, 2.05) is 19.9 Å². The maximum Gasteiger partial charge on any atom is 0.416 e. The summed E-state index contributed by atoms with van der Waals surface area (Å²) in [4.78, 5) is 11.6. The fraction of sp³-hybridized carbons (Fsp3) is 0.130. The van der Waals surface area contributed by atoms with E-state index < -0.39 is 11.7 Å². The van der Waals surface area contributed by atoms with Crippen molar-refractivity contribution in [2.45, 2.75) is 20.0 Å². The SMILES string of the molecule is Cc1cc(Oc2ccc(Nc3nc4c(Br)cc(C(F)(F)F)cc4[nH]3)cc2)c(C)c2sc(N)nc12. The highest BCUT2D eigenvalue weighted by molar-refractivity contribution is 9.10. The second-order valence-electron chi connectivity index (χ2n) is 7.74. The molecule has 0 aliphatic heterocycles. The Morgan fingerprint density at radius 3 is 2.50 bits per heavy atom. The van der Waals surface area contributed by atoms with Gasteiger partial charge in [0.25, 0.3) is 0 Å². The van der Waals surface area contributed by atoms with E-state index in [1.165, 1.54) is 11.3 Å². The Kier molecular flexibility index (Phi) is 5.40. The van der Waals surface area contributed by atoms with Crippen LogP contribution < -0.4 is 15.8 Å². The molecule has 2 aromatic heterocycles. The summed E-state index contributed by atoms with van der Waals surface area (Å²) in [5, 5.41) is 3.59. The number of thiazole rings is 1.